The number of nitrogens with one attached hydrogen (secondary N) is 3. The Morgan fingerprint density at radius 3 is 2.72 bits per heavy atom. The van der Waals surface area contributed by atoms with Crippen LogP contribution in [0.3, 0.4) is 0 Å². The number of anilines is 2. The van der Waals surface area contributed by atoms with Crippen molar-refractivity contribution >= 4 is 17.5 Å². The third-order valence-corrected chi connectivity index (χ3v) is 2.89. The first kappa shape index (κ1) is 12.6. The number of nitrogens with two attached hydrogens (primary N) is 1. The van der Waals surface area contributed by atoms with Gasteiger partial charge in [0.1, 0.15) is 24.0 Å². The Bertz CT molecular complexity index is 445. The second-order valence-electron chi connectivity index (χ2n) is 4.49. The molecule has 1 fully saturated rings. The summed E-state index contributed by atoms with van der Waals surface area (Å²) >= 11 is 0. The maximum atomic E-state index is 11.8. The minimum Gasteiger partial charge on any atom is -0.358 e. The van der Waals surface area contributed by atoms with Crippen LogP contribution in [0.25, 0.3) is 0 Å². The number of nitrogens with zero attached hydrogens (tertiary/aromatic N) is 2. The zero-order valence-corrected chi connectivity index (χ0v) is 10.5. The quantitative estimate of drug-likeness (QED) is 0.438. The number of rotatable bonds is 5. The topological polar surface area (TPSA) is 105 Å². The molecular formula is C11H18N6O. The molecule has 1 atom stereocenters. The van der Waals surface area contributed by atoms with Crippen LogP contribution >= 0.6 is 0 Å². The van der Waals surface area contributed by atoms with Gasteiger partial charge < -0.3 is 16.1 Å². The van der Waals surface area contributed by atoms with Crippen molar-refractivity contribution in [2.75, 3.05) is 10.7 Å². The molecule has 1 unspecified atom stereocenters. The molecule has 98 valence electrons. The lowest BCUT2D eigenvalue weighted by atomic mass is 10.2. The molecular weight excluding hydrogens is 232 g/mol. The lowest BCUT2D eigenvalue weighted by molar-refractivity contribution is -0.121. The van der Waals surface area contributed by atoms with Crippen molar-refractivity contribution in [3.8, 4) is 0 Å². The van der Waals surface area contributed by atoms with Crippen LogP contribution in [0.5, 0.6) is 0 Å². The average Bonchev–Trinajstić information content (AvgIpc) is 3.15. The van der Waals surface area contributed by atoms with Gasteiger partial charge in [0, 0.05) is 11.6 Å². The molecule has 1 amide bonds. The summed E-state index contributed by atoms with van der Waals surface area (Å²) in [7, 11) is 0. The molecule has 7 nitrogen and oxygen atoms in total. The summed E-state index contributed by atoms with van der Waals surface area (Å²) in [4.78, 5) is 19.9. The first-order chi connectivity index (χ1) is 8.61. The highest BCUT2D eigenvalue weighted by Crippen LogP contribution is 2.20. The normalized spacial score (nSPS) is 15.9. The molecule has 0 spiro atoms. The predicted octanol–water partition coefficient (Wildman–Crippen LogP) is 0.150. The second-order valence-corrected chi connectivity index (χ2v) is 4.49. The third-order valence-electron chi connectivity index (χ3n) is 2.89. The van der Waals surface area contributed by atoms with Crippen molar-refractivity contribution in [3.05, 3.63) is 11.9 Å². The van der Waals surface area contributed by atoms with E-state index in [1.54, 1.807) is 6.92 Å². The Labute approximate surface area is 106 Å². The summed E-state index contributed by atoms with van der Waals surface area (Å²) in [6, 6.07) is 0.0133. The van der Waals surface area contributed by atoms with E-state index in [0.717, 1.165) is 18.4 Å². The molecule has 1 aliphatic carbocycles. The number of hydrazine groups is 1. The highest BCUT2D eigenvalue weighted by molar-refractivity contribution is 5.84. The van der Waals surface area contributed by atoms with E-state index < -0.39 is 0 Å². The smallest absolute Gasteiger partial charge is 0.242 e. The van der Waals surface area contributed by atoms with E-state index in [1.807, 2.05) is 6.92 Å². The molecule has 0 radical (unpaired) electrons. The van der Waals surface area contributed by atoms with Crippen molar-refractivity contribution in [1.82, 2.24) is 15.3 Å². The maximum absolute atomic E-state index is 11.8. The van der Waals surface area contributed by atoms with Crippen LogP contribution in [0.2, 0.25) is 0 Å². The number of aromatic nitrogens is 2. The van der Waals surface area contributed by atoms with Gasteiger partial charge >= 0.3 is 0 Å². The van der Waals surface area contributed by atoms with Crippen LogP contribution in [0.15, 0.2) is 6.33 Å². The van der Waals surface area contributed by atoms with Crippen LogP contribution in [-0.2, 0) is 4.79 Å². The molecule has 0 bridgehead atoms. The van der Waals surface area contributed by atoms with Crippen molar-refractivity contribution in [1.29, 1.82) is 0 Å². The van der Waals surface area contributed by atoms with E-state index in [9.17, 15) is 4.79 Å². The van der Waals surface area contributed by atoms with Gasteiger partial charge in [-0.25, -0.2) is 15.8 Å². The van der Waals surface area contributed by atoms with Gasteiger partial charge in [0.05, 0.1) is 0 Å². The number of amides is 1. The highest BCUT2D eigenvalue weighted by atomic mass is 16.2. The van der Waals surface area contributed by atoms with E-state index in [4.69, 9.17) is 5.84 Å². The molecule has 7 heteroatoms. The lowest BCUT2D eigenvalue weighted by Crippen LogP contribution is -2.39. The fourth-order valence-electron chi connectivity index (χ4n) is 1.57. The first-order valence-electron chi connectivity index (χ1n) is 5.97. The van der Waals surface area contributed by atoms with Crippen LogP contribution < -0.4 is 21.9 Å². The van der Waals surface area contributed by atoms with E-state index in [-0.39, 0.29) is 11.9 Å². The Morgan fingerprint density at radius 1 is 1.44 bits per heavy atom. The molecule has 0 aliphatic heterocycles. The first-order valence-corrected chi connectivity index (χ1v) is 5.97. The largest absolute Gasteiger partial charge is 0.358 e. The van der Waals surface area contributed by atoms with Crippen LogP contribution in [-0.4, -0.2) is 28.0 Å². The molecule has 18 heavy (non-hydrogen) atoms. The fraction of sp³-hybridized carbons (Fsp3) is 0.545. The van der Waals surface area contributed by atoms with Gasteiger partial charge in [-0.1, -0.05) is 0 Å². The lowest BCUT2D eigenvalue weighted by Gasteiger charge is -2.16. The summed E-state index contributed by atoms with van der Waals surface area (Å²) in [5, 5.41) is 6.00. The third kappa shape index (κ3) is 2.86. The van der Waals surface area contributed by atoms with E-state index in [0.29, 0.717) is 17.7 Å². The zero-order valence-electron chi connectivity index (χ0n) is 10.5. The molecule has 0 saturated heterocycles. The van der Waals surface area contributed by atoms with Crippen molar-refractivity contribution in [2.24, 2.45) is 5.84 Å². The summed E-state index contributed by atoms with van der Waals surface area (Å²) in [6.07, 6.45) is 3.55. The summed E-state index contributed by atoms with van der Waals surface area (Å²) in [5.74, 6) is 6.47. The maximum Gasteiger partial charge on any atom is 0.242 e. The Kier molecular flexibility index (Phi) is 3.61. The number of nitrogen functional groups attached to an aromatic ring is 1. The fourth-order valence-corrected chi connectivity index (χ4v) is 1.57. The van der Waals surface area contributed by atoms with Crippen LogP contribution in [0.4, 0.5) is 11.6 Å². The number of carbonyl (C=O) groups excluding carboxylic acids is 1. The zero-order chi connectivity index (χ0) is 13.1. The van der Waals surface area contributed by atoms with Crippen molar-refractivity contribution in [3.63, 3.8) is 0 Å². The molecule has 1 saturated carbocycles. The van der Waals surface area contributed by atoms with E-state index >= 15 is 0 Å². The van der Waals surface area contributed by atoms with Gasteiger partial charge in [0.15, 0.2) is 0 Å². The molecule has 1 heterocycles. The number of hydrogen-bond acceptors (Lipinski definition) is 6. The van der Waals surface area contributed by atoms with E-state index in [2.05, 4.69) is 26.0 Å². The standard InChI is InChI=1S/C11H18N6O/c1-6-9(13-5-14-10(6)17-12)15-7(2)11(18)16-8-3-4-8/h5,7-8H,3-4,12H2,1-2H3,(H,16,18)(H2,13,14,15,17). The molecule has 0 aromatic carbocycles. The number of hydrogen-bond donors (Lipinski definition) is 4. The highest BCUT2D eigenvalue weighted by Gasteiger charge is 2.25. The molecule has 2 rings (SSSR count). The van der Waals surface area contributed by atoms with Gasteiger partial charge in [-0.15, -0.1) is 0 Å². The SMILES string of the molecule is Cc1c(NN)ncnc1NC(C)C(=O)NC1CC1. The minimum atomic E-state index is -0.343. The van der Waals surface area contributed by atoms with E-state index in [1.165, 1.54) is 6.33 Å². The van der Waals surface area contributed by atoms with Crippen molar-refractivity contribution in [2.45, 2.75) is 38.8 Å². The van der Waals surface area contributed by atoms with Gasteiger partial charge in [0.25, 0.3) is 0 Å². The summed E-state index contributed by atoms with van der Waals surface area (Å²) in [6.45, 7) is 3.64. The van der Waals surface area contributed by atoms with Crippen molar-refractivity contribution < 1.29 is 4.79 Å². The monoisotopic (exact) mass is 250 g/mol. The molecule has 1 aromatic rings. The predicted molar refractivity (Wildman–Crippen MR) is 68.8 cm³/mol. The summed E-state index contributed by atoms with van der Waals surface area (Å²) in [5.41, 5.74) is 3.27. The van der Waals surface area contributed by atoms with Gasteiger partial charge in [-0.3, -0.25) is 4.79 Å². The van der Waals surface area contributed by atoms with Gasteiger partial charge in [-0.2, -0.15) is 0 Å². The average molecular weight is 250 g/mol. The molecule has 5 N–H and O–H groups in total. The minimum absolute atomic E-state index is 0.0160. The van der Waals surface area contributed by atoms with Gasteiger partial charge in [0.2, 0.25) is 5.91 Å². The Morgan fingerprint density at radius 2 is 2.11 bits per heavy atom. The number of carbonyl (C=O) groups is 1. The van der Waals surface area contributed by atoms with Gasteiger partial charge in [-0.05, 0) is 26.7 Å². The van der Waals surface area contributed by atoms with Crippen LogP contribution in [0.1, 0.15) is 25.3 Å². The Balaban J connectivity index is 2.01. The van der Waals surface area contributed by atoms with Crippen LogP contribution in [0, 0.1) is 6.92 Å². The second kappa shape index (κ2) is 5.18. The molecule has 1 aromatic heterocycles. The molecule has 1 aliphatic rings. The summed E-state index contributed by atoms with van der Waals surface area (Å²) < 4.78 is 0. The Hall–Kier alpha value is -1.89.